The fourth-order valence-corrected chi connectivity index (χ4v) is 6.99. The molecule has 0 bridgehead atoms. The van der Waals surface area contributed by atoms with E-state index in [4.69, 9.17) is 9.72 Å². The highest BCUT2D eigenvalue weighted by molar-refractivity contribution is 6.19. The molecule has 8 heteroatoms. The summed E-state index contributed by atoms with van der Waals surface area (Å²) in [6, 6.07) is 12.9. The first-order valence-electron chi connectivity index (χ1n) is 14.3. The maximum Gasteiger partial charge on any atom is 0.279 e. The number of pyridine rings is 2. The largest absolute Gasteiger partial charge is 0.381 e. The quantitative estimate of drug-likeness (QED) is 0.358. The average molecular weight is 533 g/mol. The zero-order chi connectivity index (χ0) is 27.0. The van der Waals surface area contributed by atoms with Crippen LogP contribution in [0.3, 0.4) is 0 Å². The third-order valence-corrected chi connectivity index (χ3v) is 9.36. The number of carbonyl (C=O) groups is 1. The molecule has 202 valence electrons. The van der Waals surface area contributed by atoms with Gasteiger partial charge in [0.1, 0.15) is 11.5 Å². The molecule has 5 heterocycles. The Morgan fingerprint density at radius 3 is 2.75 bits per heavy atom. The van der Waals surface area contributed by atoms with Gasteiger partial charge >= 0.3 is 0 Å². The van der Waals surface area contributed by atoms with Crippen LogP contribution >= 0.6 is 0 Å². The second-order valence-corrected chi connectivity index (χ2v) is 11.9. The van der Waals surface area contributed by atoms with Crippen molar-refractivity contribution < 1.29 is 9.53 Å². The summed E-state index contributed by atoms with van der Waals surface area (Å²) in [7, 11) is 4.26. The number of ether oxygens (including phenoxy) is 1. The predicted molar refractivity (Wildman–Crippen MR) is 155 cm³/mol. The van der Waals surface area contributed by atoms with Crippen LogP contribution in [-0.4, -0.2) is 58.7 Å². The van der Waals surface area contributed by atoms with Crippen molar-refractivity contribution in [2.75, 3.05) is 32.6 Å². The van der Waals surface area contributed by atoms with Gasteiger partial charge in [-0.1, -0.05) is 12.1 Å². The summed E-state index contributed by atoms with van der Waals surface area (Å²) in [4.78, 5) is 29.3. The topological polar surface area (TPSA) is 84.1 Å². The fourth-order valence-electron chi connectivity index (χ4n) is 6.99. The summed E-state index contributed by atoms with van der Waals surface area (Å²) < 4.78 is 7.80. The van der Waals surface area contributed by atoms with E-state index >= 15 is 0 Å². The molecule has 1 saturated carbocycles. The number of imidazole rings is 1. The van der Waals surface area contributed by atoms with Crippen LogP contribution in [0.15, 0.2) is 53.8 Å². The minimum Gasteiger partial charge on any atom is -0.381 e. The number of aliphatic imine (C=N–C) groups is 1. The minimum absolute atomic E-state index is 0.133. The van der Waals surface area contributed by atoms with Crippen molar-refractivity contribution in [1.29, 1.82) is 0 Å². The van der Waals surface area contributed by atoms with Crippen LogP contribution in [-0.2, 0) is 10.2 Å². The molecular formula is C32H32N6O2. The van der Waals surface area contributed by atoms with Crippen LogP contribution in [0.2, 0.25) is 0 Å². The summed E-state index contributed by atoms with van der Waals surface area (Å²) in [6.45, 7) is 1.60. The number of rotatable bonds is 5. The van der Waals surface area contributed by atoms with Crippen LogP contribution < -0.4 is 5.32 Å². The summed E-state index contributed by atoms with van der Waals surface area (Å²) in [5.74, 6) is 1.18. The Balaban J connectivity index is 1.16. The van der Waals surface area contributed by atoms with Crippen molar-refractivity contribution in [3.63, 3.8) is 0 Å². The van der Waals surface area contributed by atoms with E-state index in [1.807, 2.05) is 12.3 Å². The number of hydrogen-bond donors (Lipinski definition) is 1. The number of benzene rings is 1. The standard InChI is InChI=1S/C32H32N6O2/c1-37(2)25-16-32(10-13-40-14-11-32)23-6-8-27(36-30(23)25)35-24-7-5-21(22-17-34-31(39)29(22)24)26-18-33-28-15-20(19-3-4-19)9-12-38(26)28/h5-9,12,15,17-19,25H,3-4,10-11,13-14,16H2,1-2H3,(H,35,36). The van der Waals surface area contributed by atoms with Crippen LogP contribution in [0.4, 0.5) is 11.5 Å². The maximum atomic E-state index is 13.0. The second kappa shape index (κ2) is 8.81. The van der Waals surface area contributed by atoms with Crippen molar-refractivity contribution in [1.82, 2.24) is 19.3 Å². The Morgan fingerprint density at radius 2 is 1.95 bits per heavy atom. The Labute approximate surface area is 233 Å². The molecule has 1 unspecified atom stereocenters. The lowest BCUT2D eigenvalue weighted by Crippen LogP contribution is -2.32. The lowest BCUT2D eigenvalue weighted by molar-refractivity contribution is 0.0443. The van der Waals surface area contributed by atoms with Crippen molar-refractivity contribution in [3.05, 3.63) is 76.7 Å². The molecule has 4 aliphatic rings. The maximum absolute atomic E-state index is 13.0. The first-order valence-corrected chi connectivity index (χ1v) is 14.3. The molecule has 1 atom stereocenters. The third kappa shape index (κ3) is 3.66. The van der Waals surface area contributed by atoms with E-state index in [1.54, 1.807) is 6.21 Å². The zero-order valence-electron chi connectivity index (χ0n) is 22.9. The Hall–Kier alpha value is -3.88. The van der Waals surface area contributed by atoms with Gasteiger partial charge in [0, 0.05) is 42.2 Å². The number of amides is 1. The van der Waals surface area contributed by atoms with Gasteiger partial charge in [0.05, 0.1) is 34.9 Å². The predicted octanol–water partition coefficient (Wildman–Crippen LogP) is 5.64. The number of aromatic nitrogens is 3. The van der Waals surface area contributed by atoms with Gasteiger partial charge in [-0.2, -0.15) is 0 Å². The van der Waals surface area contributed by atoms with E-state index < -0.39 is 0 Å². The molecule has 0 radical (unpaired) electrons. The number of hydrogen-bond acceptors (Lipinski definition) is 6. The molecule has 8 nitrogen and oxygen atoms in total. The molecule has 1 aromatic carbocycles. The van der Waals surface area contributed by atoms with Gasteiger partial charge in [-0.3, -0.25) is 9.20 Å². The molecular weight excluding hydrogens is 500 g/mol. The van der Waals surface area contributed by atoms with Gasteiger partial charge < -0.3 is 15.0 Å². The molecule has 2 aliphatic carbocycles. The zero-order valence-corrected chi connectivity index (χ0v) is 22.9. The molecule has 8 rings (SSSR count). The van der Waals surface area contributed by atoms with Gasteiger partial charge in [-0.25, -0.2) is 15.0 Å². The van der Waals surface area contributed by atoms with Crippen LogP contribution in [0, 0.1) is 0 Å². The normalized spacial score (nSPS) is 21.0. The van der Waals surface area contributed by atoms with E-state index in [-0.39, 0.29) is 17.4 Å². The van der Waals surface area contributed by atoms with Crippen molar-refractivity contribution in [3.8, 4) is 11.3 Å². The van der Waals surface area contributed by atoms with E-state index in [0.717, 1.165) is 72.1 Å². The summed E-state index contributed by atoms with van der Waals surface area (Å²) in [5, 5.41) is 3.47. The number of nitrogens with zero attached hydrogens (tertiary/aromatic N) is 5. The van der Waals surface area contributed by atoms with Gasteiger partial charge in [0.15, 0.2) is 0 Å². The van der Waals surface area contributed by atoms with E-state index in [9.17, 15) is 4.79 Å². The fraction of sp³-hybridized carbons (Fsp3) is 0.375. The molecule has 1 N–H and O–H groups in total. The highest BCUT2D eigenvalue weighted by Crippen LogP contribution is 2.51. The van der Waals surface area contributed by atoms with Gasteiger partial charge in [-0.05, 0) is 87.5 Å². The average Bonchev–Trinajstić information content (AvgIpc) is 3.52. The first-order chi connectivity index (χ1) is 19.5. The van der Waals surface area contributed by atoms with Crippen LogP contribution in [0.1, 0.15) is 76.8 Å². The van der Waals surface area contributed by atoms with Gasteiger partial charge in [0.25, 0.3) is 5.91 Å². The summed E-state index contributed by atoms with van der Waals surface area (Å²) in [6.07, 6.45) is 11.3. The molecule has 2 fully saturated rings. The van der Waals surface area contributed by atoms with Crippen LogP contribution in [0.5, 0.6) is 0 Å². The Kier molecular flexibility index (Phi) is 5.28. The Morgan fingerprint density at radius 1 is 1.10 bits per heavy atom. The Bertz CT molecular complexity index is 1710. The third-order valence-electron chi connectivity index (χ3n) is 9.36. The first kappa shape index (κ1) is 24.0. The van der Waals surface area contributed by atoms with Crippen LogP contribution in [0.25, 0.3) is 16.9 Å². The lowest BCUT2D eigenvalue weighted by Gasteiger charge is -2.35. The van der Waals surface area contributed by atoms with E-state index in [2.05, 4.69) is 75.2 Å². The number of carbonyl (C=O) groups excluding carboxylic acids is 1. The van der Waals surface area contributed by atoms with Gasteiger partial charge in [0.2, 0.25) is 0 Å². The van der Waals surface area contributed by atoms with Crippen molar-refractivity contribution in [2.24, 2.45) is 4.99 Å². The number of anilines is 2. The van der Waals surface area contributed by atoms with Crippen molar-refractivity contribution in [2.45, 2.75) is 49.5 Å². The number of fused-ring (bicyclic) bond motifs is 4. The molecule has 3 aromatic heterocycles. The monoisotopic (exact) mass is 532 g/mol. The molecule has 2 aliphatic heterocycles. The minimum atomic E-state index is -0.238. The molecule has 4 aromatic rings. The second-order valence-electron chi connectivity index (χ2n) is 11.9. The number of nitrogens with one attached hydrogen (secondary N) is 1. The van der Waals surface area contributed by atoms with E-state index in [0.29, 0.717) is 11.5 Å². The molecule has 40 heavy (non-hydrogen) atoms. The SMILES string of the molecule is CN(C)C1CC2(CCOCC2)c2ccc(Nc3ccc(-c4cnc5cc(C6CC6)ccn45)c4c3C(=O)N=C4)nc21. The summed E-state index contributed by atoms with van der Waals surface area (Å²) >= 11 is 0. The van der Waals surface area contributed by atoms with Gasteiger partial charge in [-0.15, -0.1) is 0 Å². The lowest BCUT2D eigenvalue weighted by atomic mass is 9.75. The molecule has 1 saturated heterocycles. The smallest absolute Gasteiger partial charge is 0.279 e. The highest BCUT2D eigenvalue weighted by Gasteiger charge is 2.46. The molecule has 1 spiro atoms. The summed E-state index contributed by atoms with van der Waals surface area (Å²) in [5.41, 5.74) is 8.90. The highest BCUT2D eigenvalue weighted by atomic mass is 16.5. The molecule has 1 amide bonds. The van der Waals surface area contributed by atoms with Crippen molar-refractivity contribution >= 4 is 29.3 Å². The van der Waals surface area contributed by atoms with E-state index in [1.165, 1.54) is 24.0 Å².